The number of hydrogen-bond donors (Lipinski definition) is 3. The molecule has 0 unspecified atom stereocenters. The van der Waals surface area contributed by atoms with Gasteiger partial charge in [-0.1, -0.05) is 0 Å². The number of H-pyrrole nitrogens is 2. The topological polar surface area (TPSA) is 91.7 Å². The minimum absolute atomic E-state index is 0.0492. The lowest BCUT2D eigenvalue weighted by Crippen LogP contribution is -2.40. The van der Waals surface area contributed by atoms with Crippen LogP contribution in [-0.4, -0.2) is 21.8 Å². The van der Waals surface area contributed by atoms with Crippen molar-refractivity contribution in [3.8, 4) is 0 Å². The standard InChI is InChI=1S/C12H13N3O2/c13-8-3-7(4-8)11(16)6-1-2-9-10(5-6)15-12(17)14-9/h1-2,5,7-8H,3-4,13H2,(H2,14,15,17). The number of carbonyl (C=O) groups excluding carboxylic acids is 1. The summed E-state index contributed by atoms with van der Waals surface area (Å²) in [7, 11) is 0. The van der Waals surface area contributed by atoms with Gasteiger partial charge in [0.05, 0.1) is 11.0 Å². The molecule has 1 fully saturated rings. The first kappa shape index (κ1) is 10.3. The summed E-state index contributed by atoms with van der Waals surface area (Å²) in [6.45, 7) is 0. The molecule has 5 nitrogen and oxygen atoms in total. The van der Waals surface area contributed by atoms with Crippen molar-refractivity contribution in [2.45, 2.75) is 18.9 Å². The molecule has 0 aliphatic heterocycles. The van der Waals surface area contributed by atoms with Gasteiger partial charge in [-0.2, -0.15) is 0 Å². The Morgan fingerprint density at radius 3 is 2.65 bits per heavy atom. The van der Waals surface area contributed by atoms with E-state index in [9.17, 15) is 9.59 Å². The fourth-order valence-electron chi connectivity index (χ4n) is 2.30. The molecule has 1 aromatic heterocycles. The van der Waals surface area contributed by atoms with E-state index in [4.69, 9.17) is 5.73 Å². The number of rotatable bonds is 2. The van der Waals surface area contributed by atoms with Crippen LogP contribution in [-0.2, 0) is 0 Å². The van der Waals surface area contributed by atoms with Gasteiger partial charge in [0.15, 0.2) is 5.78 Å². The molecule has 0 atom stereocenters. The highest BCUT2D eigenvalue weighted by Gasteiger charge is 2.32. The first-order valence-electron chi connectivity index (χ1n) is 5.65. The van der Waals surface area contributed by atoms with E-state index in [-0.39, 0.29) is 23.4 Å². The number of benzene rings is 1. The Labute approximate surface area is 97.0 Å². The number of ketones is 1. The molecule has 1 saturated carbocycles. The summed E-state index contributed by atoms with van der Waals surface area (Å²) in [5, 5.41) is 0. The molecule has 1 aliphatic carbocycles. The van der Waals surface area contributed by atoms with Crippen molar-refractivity contribution in [1.29, 1.82) is 0 Å². The predicted molar refractivity (Wildman–Crippen MR) is 63.9 cm³/mol. The molecule has 17 heavy (non-hydrogen) atoms. The number of imidazole rings is 1. The van der Waals surface area contributed by atoms with Gasteiger partial charge in [-0.05, 0) is 31.0 Å². The normalized spacial score (nSPS) is 23.6. The van der Waals surface area contributed by atoms with Gasteiger partial charge in [0.2, 0.25) is 0 Å². The fourth-order valence-corrected chi connectivity index (χ4v) is 2.30. The van der Waals surface area contributed by atoms with Gasteiger partial charge in [-0.3, -0.25) is 4.79 Å². The van der Waals surface area contributed by atoms with E-state index in [2.05, 4.69) is 9.97 Å². The molecule has 1 aliphatic rings. The number of nitrogens with two attached hydrogens (primary N) is 1. The second-order valence-electron chi connectivity index (χ2n) is 4.63. The van der Waals surface area contributed by atoms with E-state index < -0.39 is 0 Å². The van der Waals surface area contributed by atoms with Crippen LogP contribution < -0.4 is 11.4 Å². The van der Waals surface area contributed by atoms with Gasteiger partial charge in [0, 0.05) is 17.5 Å². The van der Waals surface area contributed by atoms with Crippen LogP contribution in [0.1, 0.15) is 23.2 Å². The van der Waals surface area contributed by atoms with Crippen molar-refractivity contribution >= 4 is 16.8 Å². The van der Waals surface area contributed by atoms with E-state index in [1.165, 1.54) is 0 Å². The fraction of sp³-hybridized carbons (Fsp3) is 0.333. The van der Waals surface area contributed by atoms with Gasteiger partial charge in [0.1, 0.15) is 0 Å². The molecular formula is C12H13N3O2. The highest BCUT2D eigenvalue weighted by molar-refractivity contribution is 6.00. The molecule has 0 radical (unpaired) electrons. The first-order chi connectivity index (χ1) is 8.13. The maximum Gasteiger partial charge on any atom is 0.323 e. The predicted octanol–water partition coefficient (Wildman–Crippen LogP) is 0.776. The summed E-state index contributed by atoms with van der Waals surface area (Å²) in [6.07, 6.45) is 1.53. The highest BCUT2D eigenvalue weighted by Crippen LogP contribution is 2.29. The summed E-state index contributed by atoms with van der Waals surface area (Å²) < 4.78 is 0. The Hall–Kier alpha value is -1.88. The van der Waals surface area contributed by atoms with E-state index >= 15 is 0 Å². The third-order valence-electron chi connectivity index (χ3n) is 3.35. The number of nitrogens with one attached hydrogen (secondary N) is 2. The van der Waals surface area contributed by atoms with Gasteiger partial charge >= 0.3 is 5.69 Å². The van der Waals surface area contributed by atoms with E-state index in [0.29, 0.717) is 11.1 Å². The lowest BCUT2D eigenvalue weighted by molar-refractivity contribution is 0.0833. The van der Waals surface area contributed by atoms with Crippen molar-refractivity contribution in [1.82, 2.24) is 9.97 Å². The molecule has 88 valence electrons. The number of carbonyl (C=O) groups is 1. The number of Topliss-reactive ketones (excluding diaryl/α,β-unsaturated/α-hetero) is 1. The lowest BCUT2D eigenvalue weighted by atomic mass is 9.76. The molecule has 2 aromatic rings. The Morgan fingerprint density at radius 1 is 1.24 bits per heavy atom. The molecule has 5 heteroatoms. The zero-order chi connectivity index (χ0) is 12.0. The smallest absolute Gasteiger partial charge is 0.323 e. The zero-order valence-electron chi connectivity index (χ0n) is 9.19. The van der Waals surface area contributed by atoms with Gasteiger partial charge in [0.25, 0.3) is 0 Å². The van der Waals surface area contributed by atoms with Gasteiger partial charge < -0.3 is 15.7 Å². The summed E-state index contributed by atoms with van der Waals surface area (Å²) in [6, 6.07) is 5.39. The summed E-state index contributed by atoms with van der Waals surface area (Å²) in [5.41, 5.74) is 7.45. The molecule has 0 amide bonds. The van der Waals surface area contributed by atoms with Crippen LogP contribution in [0, 0.1) is 5.92 Å². The Bertz CT molecular complexity index is 634. The number of aromatic amines is 2. The molecule has 0 spiro atoms. The van der Waals surface area contributed by atoms with E-state index in [0.717, 1.165) is 18.4 Å². The van der Waals surface area contributed by atoms with Crippen molar-refractivity contribution in [3.05, 3.63) is 34.2 Å². The van der Waals surface area contributed by atoms with E-state index in [1.54, 1.807) is 18.2 Å². The maximum atomic E-state index is 12.1. The number of hydrogen-bond acceptors (Lipinski definition) is 3. The van der Waals surface area contributed by atoms with Crippen molar-refractivity contribution in [2.24, 2.45) is 11.7 Å². The van der Waals surface area contributed by atoms with Crippen LogP contribution in [0.3, 0.4) is 0 Å². The summed E-state index contributed by atoms with van der Waals surface area (Å²) >= 11 is 0. The molecule has 3 rings (SSSR count). The Balaban J connectivity index is 1.94. The van der Waals surface area contributed by atoms with Crippen molar-refractivity contribution < 1.29 is 4.79 Å². The number of fused-ring (bicyclic) bond motifs is 1. The largest absolute Gasteiger partial charge is 0.328 e. The van der Waals surface area contributed by atoms with Crippen LogP contribution >= 0.6 is 0 Å². The van der Waals surface area contributed by atoms with Crippen LogP contribution in [0.5, 0.6) is 0 Å². The van der Waals surface area contributed by atoms with Crippen LogP contribution in [0.4, 0.5) is 0 Å². The average Bonchev–Trinajstić information content (AvgIpc) is 2.62. The van der Waals surface area contributed by atoms with Crippen LogP contribution in [0.25, 0.3) is 11.0 Å². The zero-order valence-corrected chi connectivity index (χ0v) is 9.19. The average molecular weight is 231 g/mol. The van der Waals surface area contributed by atoms with Crippen molar-refractivity contribution in [3.63, 3.8) is 0 Å². The SMILES string of the molecule is NC1CC(C(=O)c2ccc3[nH]c(=O)[nH]c3c2)C1. The molecule has 1 aromatic carbocycles. The monoisotopic (exact) mass is 231 g/mol. The minimum atomic E-state index is -0.254. The molecule has 0 saturated heterocycles. The quantitative estimate of drug-likeness (QED) is 0.667. The summed E-state index contributed by atoms with van der Waals surface area (Å²) in [5.74, 6) is 0.170. The second-order valence-corrected chi connectivity index (χ2v) is 4.63. The summed E-state index contributed by atoms with van der Waals surface area (Å²) in [4.78, 5) is 28.5. The van der Waals surface area contributed by atoms with Gasteiger partial charge in [-0.15, -0.1) is 0 Å². The minimum Gasteiger partial charge on any atom is -0.328 e. The Kier molecular flexibility index (Phi) is 2.16. The van der Waals surface area contributed by atoms with Gasteiger partial charge in [-0.25, -0.2) is 4.79 Å². The molecule has 1 heterocycles. The third kappa shape index (κ3) is 1.68. The van der Waals surface area contributed by atoms with Crippen molar-refractivity contribution in [2.75, 3.05) is 0 Å². The van der Waals surface area contributed by atoms with E-state index in [1.807, 2.05) is 0 Å². The molecular weight excluding hydrogens is 218 g/mol. The number of aromatic nitrogens is 2. The maximum absolute atomic E-state index is 12.1. The Morgan fingerprint density at radius 2 is 1.94 bits per heavy atom. The molecule has 4 N–H and O–H groups in total. The lowest BCUT2D eigenvalue weighted by Gasteiger charge is -2.31. The van der Waals surface area contributed by atoms with Crippen LogP contribution in [0.2, 0.25) is 0 Å². The third-order valence-corrected chi connectivity index (χ3v) is 3.35. The highest BCUT2D eigenvalue weighted by atomic mass is 16.1. The first-order valence-corrected chi connectivity index (χ1v) is 5.65. The van der Waals surface area contributed by atoms with Crippen LogP contribution in [0.15, 0.2) is 23.0 Å². The molecule has 0 bridgehead atoms. The second kappa shape index (κ2) is 3.56.